The molecule has 1 aromatic carbocycles. The first-order valence-corrected chi connectivity index (χ1v) is 5.29. The van der Waals surface area contributed by atoms with E-state index in [9.17, 15) is 0 Å². The summed E-state index contributed by atoms with van der Waals surface area (Å²) in [6.45, 7) is 2.23. The van der Waals surface area contributed by atoms with Crippen LogP contribution in [0.4, 0.5) is 0 Å². The summed E-state index contributed by atoms with van der Waals surface area (Å²) >= 11 is 0. The predicted molar refractivity (Wildman–Crippen MR) is 59.4 cm³/mol. The number of rotatable bonds is 0. The lowest BCUT2D eigenvalue weighted by Gasteiger charge is -2.15. The van der Waals surface area contributed by atoms with Crippen molar-refractivity contribution in [3.8, 4) is 0 Å². The van der Waals surface area contributed by atoms with Gasteiger partial charge >= 0.3 is 0 Å². The maximum atomic E-state index is 2.35. The highest BCUT2D eigenvalue weighted by atomic mass is 14.3. The molecule has 14 heavy (non-hydrogen) atoms. The Labute approximate surface area is 85.0 Å². The van der Waals surface area contributed by atoms with Crippen molar-refractivity contribution in [2.24, 2.45) is 5.92 Å². The summed E-state index contributed by atoms with van der Waals surface area (Å²) < 4.78 is 0. The van der Waals surface area contributed by atoms with Crippen LogP contribution in [0.5, 0.6) is 0 Å². The zero-order valence-corrected chi connectivity index (χ0v) is 8.40. The van der Waals surface area contributed by atoms with E-state index >= 15 is 0 Å². The molecule has 0 spiro atoms. The largest absolute Gasteiger partial charge is 0.0802 e. The standard InChI is InChI=1S/C14H14/c1-10-5-4-8-13-12-7-3-2-6-11(12)9-14(10)13/h2-8,11-12H,9H2,1H3. The fraction of sp³-hybridized carbons (Fsp3) is 0.286. The topological polar surface area (TPSA) is 0 Å². The Morgan fingerprint density at radius 2 is 2.00 bits per heavy atom. The van der Waals surface area contributed by atoms with Crippen LogP contribution in [0.25, 0.3) is 0 Å². The minimum absolute atomic E-state index is 0.648. The van der Waals surface area contributed by atoms with E-state index in [4.69, 9.17) is 0 Å². The number of fused-ring (bicyclic) bond motifs is 3. The van der Waals surface area contributed by atoms with Crippen molar-refractivity contribution in [2.45, 2.75) is 19.3 Å². The maximum absolute atomic E-state index is 2.35. The molecule has 0 aliphatic heterocycles. The first-order valence-electron chi connectivity index (χ1n) is 5.29. The number of allylic oxidation sites excluding steroid dienone is 4. The van der Waals surface area contributed by atoms with Gasteiger partial charge in [-0.3, -0.25) is 0 Å². The summed E-state index contributed by atoms with van der Waals surface area (Å²) in [6.07, 6.45) is 10.3. The molecule has 0 saturated carbocycles. The average Bonchev–Trinajstić information content (AvgIpc) is 2.59. The van der Waals surface area contributed by atoms with Crippen LogP contribution >= 0.6 is 0 Å². The third-order valence-corrected chi connectivity index (χ3v) is 3.49. The zero-order valence-electron chi connectivity index (χ0n) is 8.40. The second kappa shape index (κ2) is 2.84. The lowest BCUT2D eigenvalue weighted by atomic mass is 9.89. The van der Waals surface area contributed by atoms with Gasteiger partial charge in [-0.15, -0.1) is 0 Å². The van der Waals surface area contributed by atoms with Crippen molar-refractivity contribution in [1.29, 1.82) is 0 Å². The third kappa shape index (κ3) is 1.00. The second-order valence-electron chi connectivity index (χ2n) is 4.31. The molecule has 0 bridgehead atoms. The molecule has 2 unspecified atom stereocenters. The zero-order chi connectivity index (χ0) is 9.54. The fourth-order valence-corrected chi connectivity index (χ4v) is 2.73. The van der Waals surface area contributed by atoms with Gasteiger partial charge in [0, 0.05) is 5.92 Å². The first kappa shape index (κ1) is 8.05. The molecular weight excluding hydrogens is 168 g/mol. The van der Waals surface area contributed by atoms with Gasteiger partial charge in [-0.25, -0.2) is 0 Å². The summed E-state index contributed by atoms with van der Waals surface area (Å²) in [5.41, 5.74) is 4.59. The SMILES string of the molecule is Cc1cccc2c1CC1C=CC=CC21. The Bertz CT molecular complexity index is 424. The summed E-state index contributed by atoms with van der Waals surface area (Å²) in [6, 6.07) is 6.70. The van der Waals surface area contributed by atoms with Gasteiger partial charge in [-0.05, 0) is 36.0 Å². The Hall–Kier alpha value is -1.30. The molecule has 0 radical (unpaired) electrons. The molecule has 1 aromatic rings. The molecule has 0 amide bonds. The molecule has 70 valence electrons. The monoisotopic (exact) mass is 182 g/mol. The summed E-state index contributed by atoms with van der Waals surface area (Å²) in [5, 5.41) is 0. The van der Waals surface area contributed by atoms with Crippen molar-refractivity contribution < 1.29 is 0 Å². The first-order chi connectivity index (χ1) is 6.86. The smallest absolute Gasteiger partial charge is 0.00900 e. The molecule has 0 N–H and O–H groups in total. The van der Waals surface area contributed by atoms with E-state index in [2.05, 4.69) is 49.4 Å². The predicted octanol–water partition coefficient (Wildman–Crippen LogP) is 3.38. The Balaban J connectivity index is 2.15. The van der Waals surface area contributed by atoms with E-state index < -0.39 is 0 Å². The van der Waals surface area contributed by atoms with Gasteiger partial charge in [0.1, 0.15) is 0 Å². The van der Waals surface area contributed by atoms with Crippen LogP contribution in [0.3, 0.4) is 0 Å². The molecule has 0 aromatic heterocycles. The van der Waals surface area contributed by atoms with Crippen LogP contribution in [0.1, 0.15) is 22.6 Å². The summed E-state index contributed by atoms with van der Waals surface area (Å²) in [5.74, 6) is 1.37. The molecule has 0 saturated heterocycles. The molecule has 0 heteroatoms. The highest BCUT2D eigenvalue weighted by Gasteiger charge is 2.30. The molecule has 0 fully saturated rings. The molecule has 2 aliphatic rings. The quantitative estimate of drug-likeness (QED) is 0.577. The van der Waals surface area contributed by atoms with E-state index in [1.54, 1.807) is 11.1 Å². The van der Waals surface area contributed by atoms with Crippen LogP contribution in [-0.4, -0.2) is 0 Å². The highest BCUT2D eigenvalue weighted by Crippen LogP contribution is 2.42. The molecular formula is C14H14. The van der Waals surface area contributed by atoms with E-state index in [0.717, 1.165) is 5.92 Å². The summed E-state index contributed by atoms with van der Waals surface area (Å²) in [7, 11) is 0. The van der Waals surface area contributed by atoms with Gasteiger partial charge in [0.2, 0.25) is 0 Å². The minimum atomic E-state index is 0.648. The molecule has 0 nitrogen and oxygen atoms in total. The van der Waals surface area contributed by atoms with E-state index in [0.29, 0.717) is 5.92 Å². The van der Waals surface area contributed by atoms with Crippen LogP contribution < -0.4 is 0 Å². The molecule has 3 rings (SSSR count). The van der Waals surface area contributed by atoms with Gasteiger partial charge in [0.15, 0.2) is 0 Å². The van der Waals surface area contributed by atoms with Crippen molar-refractivity contribution in [3.05, 3.63) is 59.2 Å². The van der Waals surface area contributed by atoms with Crippen molar-refractivity contribution in [1.82, 2.24) is 0 Å². The van der Waals surface area contributed by atoms with Crippen LogP contribution in [-0.2, 0) is 6.42 Å². The Morgan fingerprint density at radius 1 is 1.14 bits per heavy atom. The van der Waals surface area contributed by atoms with E-state index in [1.807, 2.05) is 0 Å². The van der Waals surface area contributed by atoms with E-state index in [1.165, 1.54) is 12.0 Å². The van der Waals surface area contributed by atoms with Crippen LogP contribution in [0.15, 0.2) is 42.5 Å². The number of hydrogen-bond donors (Lipinski definition) is 0. The van der Waals surface area contributed by atoms with Gasteiger partial charge in [-0.2, -0.15) is 0 Å². The lowest BCUT2D eigenvalue weighted by Crippen LogP contribution is -2.03. The van der Waals surface area contributed by atoms with Crippen molar-refractivity contribution in [3.63, 3.8) is 0 Å². The number of hydrogen-bond acceptors (Lipinski definition) is 0. The normalized spacial score (nSPS) is 27.5. The average molecular weight is 182 g/mol. The van der Waals surface area contributed by atoms with Gasteiger partial charge < -0.3 is 0 Å². The third-order valence-electron chi connectivity index (χ3n) is 3.49. The minimum Gasteiger partial charge on any atom is -0.0802 e. The lowest BCUT2D eigenvalue weighted by molar-refractivity contribution is 0.630. The maximum Gasteiger partial charge on any atom is 0.00900 e. The second-order valence-corrected chi connectivity index (χ2v) is 4.31. The molecule has 2 aliphatic carbocycles. The highest BCUT2D eigenvalue weighted by molar-refractivity contribution is 5.46. The Morgan fingerprint density at radius 3 is 2.93 bits per heavy atom. The molecule has 0 heterocycles. The van der Waals surface area contributed by atoms with Gasteiger partial charge in [0.25, 0.3) is 0 Å². The number of benzene rings is 1. The summed E-state index contributed by atoms with van der Waals surface area (Å²) in [4.78, 5) is 0. The van der Waals surface area contributed by atoms with Crippen LogP contribution in [0, 0.1) is 12.8 Å². The van der Waals surface area contributed by atoms with E-state index in [-0.39, 0.29) is 0 Å². The van der Waals surface area contributed by atoms with Gasteiger partial charge in [0.05, 0.1) is 0 Å². The van der Waals surface area contributed by atoms with Gasteiger partial charge in [-0.1, -0.05) is 42.5 Å². The fourth-order valence-electron chi connectivity index (χ4n) is 2.73. The van der Waals surface area contributed by atoms with Crippen molar-refractivity contribution >= 4 is 0 Å². The molecule has 2 atom stereocenters. The van der Waals surface area contributed by atoms with Crippen LogP contribution in [0.2, 0.25) is 0 Å². The number of aryl methyl sites for hydroxylation is 1. The van der Waals surface area contributed by atoms with Crippen molar-refractivity contribution in [2.75, 3.05) is 0 Å². The Kier molecular flexibility index (Phi) is 1.63.